The van der Waals surface area contributed by atoms with Gasteiger partial charge < -0.3 is 10.6 Å². The first-order valence-electron chi connectivity index (χ1n) is 7.02. The highest BCUT2D eigenvalue weighted by Crippen LogP contribution is 2.18. The first-order valence-corrected chi connectivity index (χ1v) is 8.56. The fourth-order valence-electron chi connectivity index (χ4n) is 2.44. The van der Waals surface area contributed by atoms with Gasteiger partial charge in [-0.25, -0.2) is 13.6 Å². The van der Waals surface area contributed by atoms with E-state index in [1.165, 1.54) is 12.1 Å². The molecule has 1 aliphatic rings. The van der Waals surface area contributed by atoms with Crippen molar-refractivity contribution in [2.75, 3.05) is 13.1 Å². The Balaban J connectivity index is 0.00000242. The van der Waals surface area contributed by atoms with Gasteiger partial charge in [0.25, 0.3) is 0 Å². The summed E-state index contributed by atoms with van der Waals surface area (Å²) in [5, 5.41) is 11.3. The molecule has 1 atom stereocenters. The minimum atomic E-state index is -3.68. The van der Waals surface area contributed by atoms with E-state index in [2.05, 4.69) is 10.6 Å². The maximum absolute atomic E-state index is 12.2. The number of rotatable bonds is 4. The SMILES string of the molecule is CC(NC(=O)C1CCNCC1)c1ccc(S(N)(=O)=O)cc1.Cl. The van der Waals surface area contributed by atoms with Crippen LogP contribution in [-0.2, 0) is 14.8 Å². The molecule has 8 heteroatoms. The van der Waals surface area contributed by atoms with E-state index >= 15 is 0 Å². The first kappa shape index (κ1) is 18.9. The Bertz CT molecular complexity index is 598. The Kier molecular flexibility index (Phi) is 6.80. The molecule has 1 unspecified atom stereocenters. The third kappa shape index (κ3) is 4.95. The van der Waals surface area contributed by atoms with Crippen LogP contribution < -0.4 is 15.8 Å². The maximum Gasteiger partial charge on any atom is 0.238 e. The summed E-state index contributed by atoms with van der Waals surface area (Å²) in [5.41, 5.74) is 0.852. The van der Waals surface area contributed by atoms with Crippen molar-refractivity contribution in [3.63, 3.8) is 0 Å². The lowest BCUT2D eigenvalue weighted by Crippen LogP contribution is -2.39. The molecule has 1 heterocycles. The largest absolute Gasteiger partial charge is 0.349 e. The molecule has 0 radical (unpaired) electrons. The third-order valence-corrected chi connectivity index (χ3v) is 4.71. The van der Waals surface area contributed by atoms with E-state index in [0.717, 1.165) is 31.5 Å². The molecule has 1 aromatic carbocycles. The molecule has 22 heavy (non-hydrogen) atoms. The molecule has 0 aliphatic carbocycles. The summed E-state index contributed by atoms with van der Waals surface area (Å²) in [6, 6.07) is 6.09. The molecule has 0 saturated carbocycles. The summed E-state index contributed by atoms with van der Waals surface area (Å²) in [4.78, 5) is 12.2. The van der Waals surface area contributed by atoms with E-state index in [0.29, 0.717) is 0 Å². The Morgan fingerprint density at radius 2 is 1.82 bits per heavy atom. The average molecular weight is 348 g/mol. The number of halogens is 1. The number of nitrogens with two attached hydrogens (primary N) is 1. The number of primary sulfonamides is 1. The number of hydrogen-bond donors (Lipinski definition) is 3. The third-order valence-electron chi connectivity index (χ3n) is 3.78. The van der Waals surface area contributed by atoms with E-state index in [4.69, 9.17) is 5.14 Å². The smallest absolute Gasteiger partial charge is 0.238 e. The number of amides is 1. The summed E-state index contributed by atoms with van der Waals surface area (Å²) in [6.45, 7) is 3.62. The number of carbonyl (C=O) groups excluding carboxylic acids is 1. The Morgan fingerprint density at radius 3 is 2.32 bits per heavy atom. The van der Waals surface area contributed by atoms with Crippen molar-refractivity contribution < 1.29 is 13.2 Å². The van der Waals surface area contributed by atoms with E-state index in [9.17, 15) is 13.2 Å². The first-order chi connectivity index (χ1) is 9.88. The second-order valence-electron chi connectivity index (χ2n) is 5.37. The molecule has 1 saturated heterocycles. The van der Waals surface area contributed by atoms with Crippen LogP contribution >= 0.6 is 12.4 Å². The highest BCUT2D eigenvalue weighted by Gasteiger charge is 2.22. The summed E-state index contributed by atoms with van der Waals surface area (Å²) in [7, 11) is -3.68. The van der Waals surface area contributed by atoms with Gasteiger partial charge in [0.15, 0.2) is 0 Å². The zero-order valence-corrected chi connectivity index (χ0v) is 14.0. The number of benzene rings is 1. The van der Waals surface area contributed by atoms with Gasteiger partial charge in [0.2, 0.25) is 15.9 Å². The van der Waals surface area contributed by atoms with Gasteiger partial charge in [0.1, 0.15) is 0 Å². The van der Waals surface area contributed by atoms with Crippen molar-refractivity contribution in [1.82, 2.24) is 10.6 Å². The Hall–Kier alpha value is -1.15. The number of sulfonamides is 1. The highest BCUT2D eigenvalue weighted by molar-refractivity contribution is 7.89. The van der Waals surface area contributed by atoms with Crippen molar-refractivity contribution in [1.29, 1.82) is 0 Å². The van der Waals surface area contributed by atoms with Crippen LogP contribution in [0.4, 0.5) is 0 Å². The van der Waals surface area contributed by atoms with Crippen LogP contribution in [0.2, 0.25) is 0 Å². The summed E-state index contributed by atoms with van der Waals surface area (Å²) >= 11 is 0. The van der Waals surface area contributed by atoms with Crippen molar-refractivity contribution in [2.45, 2.75) is 30.7 Å². The average Bonchev–Trinajstić information content (AvgIpc) is 2.47. The standard InChI is InChI=1S/C14H21N3O3S.ClH/c1-10(17-14(18)12-6-8-16-9-7-12)11-2-4-13(5-3-11)21(15,19)20;/h2-5,10,12,16H,6-9H2,1H3,(H,17,18)(H2,15,19,20);1H. The highest BCUT2D eigenvalue weighted by atomic mass is 35.5. The molecule has 1 fully saturated rings. The summed E-state index contributed by atoms with van der Waals surface area (Å²) in [6.07, 6.45) is 1.70. The lowest BCUT2D eigenvalue weighted by molar-refractivity contribution is -0.126. The van der Waals surface area contributed by atoms with Crippen LogP contribution in [0.15, 0.2) is 29.2 Å². The van der Waals surface area contributed by atoms with E-state index in [1.807, 2.05) is 6.92 Å². The second-order valence-corrected chi connectivity index (χ2v) is 6.93. The zero-order chi connectivity index (χ0) is 15.5. The van der Waals surface area contributed by atoms with Crippen molar-refractivity contribution >= 4 is 28.3 Å². The predicted octanol–water partition coefficient (Wildman–Crippen LogP) is 0.933. The van der Waals surface area contributed by atoms with Crippen molar-refractivity contribution in [2.24, 2.45) is 11.1 Å². The minimum absolute atomic E-state index is 0. The van der Waals surface area contributed by atoms with E-state index in [1.54, 1.807) is 12.1 Å². The van der Waals surface area contributed by atoms with Crippen LogP contribution in [0, 0.1) is 5.92 Å². The Morgan fingerprint density at radius 1 is 1.27 bits per heavy atom. The Labute approximate surface area is 137 Å². The van der Waals surface area contributed by atoms with Crippen LogP contribution in [0.3, 0.4) is 0 Å². The summed E-state index contributed by atoms with van der Waals surface area (Å²) < 4.78 is 22.4. The number of piperidine rings is 1. The molecular formula is C14H22ClN3O3S. The van der Waals surface area contributed by atoms with E-state index in [-0.39, 0.29) is 35.2 Å². The van der Waals surface area contributed by atoms with Gasteiger partial charge in [-0.3, -0.25) is 4.79 Å². The molecule has 124 valence electrons. The predicted molar refractivity (Wildman–Crippen MR) is 87.2 cm³/mol. The fraction of sp³-hybridized carbons (Fsp3) is 0.500. The van der Waals surface area contributed by atoms with Crippen LogP contribution in [0.1, 0.15) is 31.4 Å². The fourth-order valence-corrected chi connectivity index (χ4v) is 2.96. The minimum Gasteiger partial charge on any atom is -0.349 e. The molecule has 1 aromatic rings. The normalized spacial score (nSPS) is 17.4. The quantitative estimate of drug-likeness (QED) is 0.754. The number of hydrogen-bond acceptors (Lipinski definition) is 4. The van der Waals surface area contributed by atoms with Gasteiger partial charge in [-0.1, -0.05) is 12.1 Å². The molecule has 4 N–H and O–H groups in total. The molecular weight excluding hydrogens is 326 g/mol. The van der Waals surface area contributed by atoms with Gasteiger partial charge in [0.05, 0.1) is 10.9 Å². The number of carbonyl (C=O) groups is 1. The summed E-state index contributed by atoms with van der Waals surface area (Å²) in [5.74, 6) is 0.108. The molecule has 1 aliphatic heterocycles. The lowest BCUT2D eigenvalue weighted by atomic mass is 9.96. The molecule has 1 amide bonds. The molecule has 0 bridgehead atoms. The topological polar surface area (TPSA) is 101 Å². The van der Waals surface area contributed by atoms with Crippen molar-refractivity contribution in [3.05, 3.63) is 29.8 Å². The van der Waals surface area contributed by atoms with Crippen LogP contribution in [0.5, 0.6) is 0 Å². The van der Waals surface area contributed by atoms with Crippen molar-refractivity contribution in [3.8, 4) is 0 Å². The maximum atomic E-state index is 12.2. The lowest BCUT2D eigenvalue weighted by Gasteiger charge is -2.24. The van der Waals surface area contributed by atoms with Gasteiger partial charge >= 0.3 is 0 Å². The molecule has 6 nitrogen and oxygen atoms in total. The molecule has 2 rings (SSSR count). The monoisotopic (exact) mass is 347 g/mol. The number of nitrogens with one attached hydrogen (secondary N) is 2. The molecule has 0 aromatic heterocycles. The van der Waals surface area contributed by atoms with Crippen LogP contribution in [0.25, 0.3) is 0 Å². The van der Waals surface area contributed by atoms with Gasteiger partial charge in [-0.2, -0.15) is 0 Å². The van der Waals surface area contributed by atoms with Gasteiger partial charge in [-0.15, -0.1) is 12.4 Å². The second kappa shape index (κ2) is 7.92. The zero-order valence-electron chi connectivity index (χ0n) is 12.4. The molecule has 0 spiro atoms. The van der Waals surface area contributed by atoms with Crippen LogP contribution in [-0.4, -0.2) is 27.4 Å². The van der Waals surface area contributed by atoms with Gasteiger partial charge in [-0.05, 0) is 50.6 Å². The van der Waals surface area contributed by atoms with E-state index < -0.39 is 10.0 Å². The van der Waals surface area contributed by atoms with Gasteiger partial charge in [0, 0.05) is 5.92 Å².